The predicted octanol–water partition coefficient (Wildman–Crippen LogP) is -3.01. The normalized spacial score (nSPS) is 16.1. The lowest BCUT2D eigenvalue weighted by molar-refractivity contribution is -0.138. The van der Waals surface area contributed by atoms with Crippen LogP contribution < -0.4 is 26.9 Å². The van der Waals surface area contributed by atoms with E-state index in [1.807, 2.05) is 0 Å². The Bertz CT molecular complexity index is 1290. The molecule has 13 nitrogen and oxygen atoms in total. The Balaban J connectivity index is 1.53. The first-order valence-corrected chi connectivity index (χ1v) is 12.2. The molecule has 0 saturated carbocycles. The number of aliphatic carboxylic acids is 1. The van der Waals surface area contributed by atoms with E-state index >= 15 is 0 Å². The van der Waals surface area contributed by atoms with E-state index in [1.165, 1.54) is 31.2 Å². The first-order valence-electron chi connectivity index (χ1n) is 12.2. The van der Waals surface area contributed by atoms with Crippen molar-refractivity contribution in [2.24, 2.45) is 0 Å². The number of hydrogen-bond donors (Lipinski definition) is 7. The second kappa shape index (κ2) is 12.0. The molecule has 4 rings (SSSR count). The van der Waals surface area contributed by atoms with Gasteiger partial charge < -0.3 is 45.5 Å². The molecule has 0 radical (unpaired) electrons. The first kappa shape index (κ1) is 28.3. The summed E-state index contributed by atoms with van der Waals surface area (Å²) in [7, 11) is -2.36. The van der Waals surface area contributed by atoms with Gasteiger partial charge in [0.15, 0.2) is 0 Å². The van der Waals surface area contributed by atoms with Gasteiger partial charge in [-0.1, -0.05) is 12.1 Å². The molecule has 2 heterocycles. The molecule has 204 valence electrons. The molecule has 2 aromatic rings. The highest BCUT2D eigenvalue weighted by Crippen LogP contribution is 2.13. The second-order valence-electron chi connectivity index (χ2n) is 9.35. The summed E-state index contributed by atoms with van der Waals surface area (Å²) in [6.07, 6.45) is -0.564. The monoisotopic (exact) mass is 539 g/mol. The summed E-state index contributed by atoms with van der Waals surface area (Å²) in [5.74, 6) is -3.38. The standard InChI is InChI=1S/C24H27B2N3O10/c1-12(27-22(33)13-2-4-15-10-38-25(36)18(15)6-13)21(24(35)28-17(9-30)8-20(31)32)29-23(34)14-3-5-16-11-39-26(37)19(16)7-14/h2-7,12,17,21,30,36-37H,8-11H2,1H3,(H,27,33)(H,28,35)(H,29,34)(H,31,32)/t12-,17-,21-/m0/s1. The first-order chi connectivity index (χ1) is 18.6. The number of carbonyl (C=O) groups is 4. The Kier molecular flexibility index (Phi) is 8.67. The summed E-state index contributed by atoms with van der Waals surface area (Å²) in [5.41, 5.74) is 2.59. The minimum Gasteiger partial charge on any atom is -0.481 e. The molecule has 0 fully saturated rings. The van der Waals surface area contributed by atoms with Crippen molar-refractivity contribution in [3.63, 3.8) is 0 Å². The molecule has 7 N–H and O–H groups in total. The van der Waals surface area contributed by atoms with Crippen LogP contribution in [0.15, 0.2) is 36.4 Å². The van der Waals surface area contributed by atoms with Crippen LogP contribution in [0, 0.1) is 0 Å². The van der Waals surface area contributed by atoms with Crippen molar-refractivity contribution in [3.8, 4) is 0 Å². The molecule has 0 aromatic heterocycles. The number of fused-ring (bicyclic) bond motifs is 2. The van der Waals surface area contributed by atoms with Gasteiger partial charge in [0.25, 0.3) is 11.8 Å². The van der Waals surface area contributed by atoms with Crippen LogP contribution in [-0.2, 0) is 32.1 Å². The van der Waals surface area contributed by atoms with Crippen molar-refractivity contribution < 1.29 is 48.7 Å². The highest BCUT2D eigenvalue weighted by Gasteiger charge is 2.33. The van der Waals surface area contributed by atoms with E-state index in [9.17, 15) is 34.3 Å². The van der Waals surface area contributed by atoms with Crippen LogP contribution in [0.25, 0.3) is 0 Å². The van der Waals surface area contributed by atoms with Crippen LogP contribution in [0.4, 0.5) is 0 Å². The van der Waals surface area contributed by atoms with Crippen molar-refractivity contribution >= 4 is 48.9 Å². The molecule has 2 aliphatic heterocycles. The minimum absolute atomic E-state index is 0.117. The van der Waals surface area contributed by atoms with E-state index in [0.29, 0.717) is 16.5 Å². The highest BCUT2D eigenvalue weighted by molar-refractivity contribution is 6.62. The Morgan fingerprint density at radius 1 is 0.872 bits per heavy atom. The van der Waals surface area contributed by atoms with E-state index in [1.54, 1.807) is 12.1 Å². The average molecular weight is 539 g/mol. The Morgan fingerprint density at radius 2 is 1.38 bits per heavy atom. The Labute approximate surface area is 223 Å². The Morgan fingerprint density at radius 3 is 1.87 bits per heavy atom. The average Bonchev–Trinajstić information content (AvgIpc) is 3.47. The molecule has 0 bridgehead atoms. The summed E-state index contributed by atoms with van der Waals surface area (Å²) < 4.78 is 10.3. The zero-order valence-corrected chi connectivity index (χ0v) is 20.9. The van der Waals surface area contributed by atoms with E-state index in [-0.39, 0.29) is 24.3 Å². The number of rotatable bonds is 10. The van der Waals surface area contributed by atoms with E-state index < -0.39 is 69.1 Å². The molecule has 3 amide bonds. The van der Waals surface area contributed by atoms with Crippen LogP contribution in [0.1, 0.15) is 45.2 Å². The van der Waals surface area contributed by atoms with Gasteiger partial charge in [-0.15, -0.1) is 0 Å². The molecule has 2 aliphatic rings. The molecule has 3 atom stereocenters. The number of nitrogens with one attached hydrogen (secondary N) is 3. The third-order valence-corrected chi connectivity index (χ3v) is 6.56. The predicted molar refractivity (Wildman–Crippen MR) is 137 cm³/mol. The molecule has 0 saturated heterocycles. The number of benzene rings is 2. The van der Waals surface area contributed by atoms with Crippen molar-refractivity contribution in [1.82, 2.24) is 16.0 Å². The van der Waals surface area contributed by atoms with Crippen LogP contribution >= 0.6 is 0 Å². The second-order valence-corrected chi connectivity index (χ2v) is 9.35. The number of carboxylic acid groups (broad SMARTS) is 1. The molecule has 0 spiro atoms. The van der Waals surface area contributed by atoms with Gasteiger partial charge in [0, 0.05) is 11.1 Å². The SMILES string of the molecule is C[C@H](NC(=O)c1ccc2c(c1)B(O)OC2)[C@H](NC(=O)c1ccc2c(c1)B(O)OC2)C(=O)N[C@H](CO)CC(=O)O. The molecule has 2 aromatic carbocycles. The molecular weight excluding hydrogens is 512 g/mol. The van der Waals surface area contributed by atoms with Crippen LogP contribution in [0.2, 0.25) is 0 Å². The number of carboxylic acids is 1. The summed E-state index contributed by atoms with van der Waals surface area (Å²) in [4.78, 5) is 50.4. The molecule has 0 aliphatic carbocycles. The smallest absolute Gasteiger partial charge is 0.481 e. The zero-order valence-electron chi connectivity index (χ0n) is 20.9. The number of amides is 3. The van der Waals surface area contributed by atoms with Gasteiger partial charge in [-0.05, 0) is 53.2 Å². The third kappa shape index (κ3) is 6.46. The quantitative estimate of drug-likeness (QED) is 0.153. The summed E-state index contributed by atoms with van der Waals surface area (Å²) in [6.45, 7) is 1.20. The fraction of sp³-hybridized carbons (Fsp3) is 0.333. The number of hydrogen-bond acceptors (Lipinski definition) is 9. The fourth-order valence-electron chi connectivity index (χ4n) is 4.39. The van der Waals surface area contributed by atoms with Crippen molar-refractivity contribution in [3.05, 3.63) is 58.7 Å². The van der Waals surface area contributed by atoms with Crippen LogP contribution in [0.5, 0.6) is 0 Å². The summed E-state index contributed by atoms with van der Waals surface area (Å²) in [5, 5.41) is 46.1. The van der Waals surface area contributed by atoms with Gasteiger partial charge in [-0.25, -0.2) is 0 Å². The van der Waals surface area contributed by atoms with Crippen LogP contribution in [-0.4, -0.2) is 82.9 Å². The fourth-order valence-corrected chi connectivity index (χ4v) is 4.39. The Hall–Kier alpha value is -3.75. The van der Waals surface area contributed by atoms with Crippen molar-refractivity contribution in [2.75, 3.05) is 6.61 Å². The zero-order chi connectivity index (χ0) is 28.3. The topological polar surface area (TPSA) is 204 Å². The number of aliphatic hydroxyl groups excluding tert-OH is 1. The lowest BCUT2D eigenvalue weighted by atomic mass is 9.78. The number of aliphatic hydroxyl groups is 1. The van der Waals surface area contributed by atoms with Gasteiger partial charge in [-0.3, -0.25) is 19.2 Å². The minimum atomic E-state index is -1.39. The third-order valence-electron chi connectivity index (χ3n) is 6.56. The van der Waals surface area contributed by atoms with E-state index in [0.717, 1.165) is 5.56 Å². The number of carbonyl (C=O) groups excluding carboxylic acids is 3. The maximum absolute atomic E-state index is 13.2. The molecular formula is C24H27B2N3O10. The van der Waals surface area contributed by atoms with Gasteiger partial charge in [0.2, 0.25) is 5.91 Å². The van der Waals surface area contributed by atoms with Gasteiger partial charge in [0.05, 0.1) is 38.3 Å². The molecule has 0 unspecified atom stereocenters. The van der Waals surface area contributed by atoms with Gasteiger partial charge in [-0.2, -0.15) is 0 Å². The van der Waals surface area contributed by atoms with Gasteiger partial charge >= 0.3 is 20.2 Å². The van der Waals surface area contributed by atoms with Crippen LogP contribution in [0.3, 0.4) is 0 Å². The van der Waals surface area contributed by atoms with Crippen molar-refractivity contribution in [2.45, 2.75) is 44.7 Å². The van der Waals surface area contributed by atoms with Crippen molar-refractivity contribution in [1.29, 1.82) is 0 Å². The summed E-state index contributed by atoms with van der Waals surface area (Å²) >= 11 is 0. The summed E-state index contributed by atoms with van der Waals surface area (Å²) in [6, 6.07) is 5.64. The van der Waals surface area contributed by atoms with E-state index in [4.69, 9.17) is 14.4 Å². The van der Waals surface area contributed by atoms with E-state index in [2.05, 4.69) is 16.0 Å². The maximum atomic E-state index is 13.2. The molecule has 15 heteroatoms. The maximum Gasteiger partial charge on any atom is 0.491 e. The lowest BCUT2D eigenvalue weighted by Crippen LogP contribution is -2.59. The largest absolute Gasteiger partial charge is 0.491 e. The highest BCUT2D eigenvalue weighted by atomic mass is 16.5. The lowest BCUT2D eigenvalue weighted by Gasteiger charge is -2.27. The molecule has 39 heavy (non-hydrogen) atoms. The van der Waals surface area contributed by atoms with Gasteiger partial charge in [0.1, 0.15) is 6.04 Å².